The second-order valence-electron chi connectivity index (χ2n) is 4.09. The summed E-state index contributed by atoms with van der Waals surface area (Å²) < 4.78 is 5.51. The maximum Gasteiger partial charge on any atom is 0.122 e. The van der Waals surface area contributed by atoms with Crippen molar-refractivity contribution in [3.8, 4) is 5.75 Å². The van der Waals surface area contributed by atoms with Gasteiger partial charge in [0, 0.05) is 6.54 Å². The molecule has 0 fully saturated rings. The molecular formula is C13H21NO. The third-order valence-electron chi connectivity index (χ3n) is 2.39. The van der Waals surface area contributed by atoms with Gasteiger partial charge in [0.2, 0.25) is 0 Å². The number of benzene rings is 1. The standard InChI is InChI=1S/C13H21NO/c1-5-15-13-7-6-12(10-11(13)2)8-9-14(3)4/h6-7,10H,5,8-9H2,1-4H3. The van der Waals surface area contributed by atoms with Gasteiger partial charge in [0.25, 0.3) is 0 Å². The normalized spacial score (nSPS) is 10.7. The molecule has 0 spiro atoms. The molecule has 0 heterocycles. The van der Waals surface area contributed by atoms with Gasteiger partial charge in [-0.15, -0.1) is 0 Å². The van der Waals surface area contributed by atoms with E-state index < -0.39 is 0 Å². The molecule has 84 valence electrons. The molecule has 0 saturated carbocycles. The van der Waals surface area contributed by atoms with Gasteiger partial charge in [-0.2, -0.15) is 0 Å². The van der Waals surface area contributed by atoms with Crippen LogP contribution in [-0.4, -0.2) is 32.1 Å². The molecule has 0 bridgehead atoms. The first-order valence-electron chi connectivity index (χ1n) is 5.50. The van der Waals surface area contributed by atoms with Crippen LogP contribution in [0.4, 0.5) is 0 Å². The summed E-state index contributed by atoms with van der Waals surface area (Å²) in [5.74, 6) is 1.01. The molecular weight excluding hydrogens is 186 g/mol. The summed E-state index contributed by atoms with van der Waals surface area (Å²) in [6, 6.07) is 6.44. The molecule has 0 N–H and O–H groups in total. The molecule has 0 atom stereocenters. The monoisotopic (exact) mass is 207 g/mol. The Bertz CT molecular complexity index is 307. The molecule has 0 aromatic heterocycles. The summed E-state index contributed by atoms with van der Waals surface area (Å²) in [7, 11) is 4.20. The van der Waals surface area contributed by atoms with Crippen LogP contribution in [0.5, 0.6) is 5.75 Å². The number of aryl methyl sites for hydroxylation is 1. The highest BCUT2D eigenvalue weighted by atomic mass is 16.5. The van der Waals surface area contributed by atoms with Crippen molar-refractivity contribution >= 4 is 0 Å². The van der Waals surface area contributed by atoms with Crippen molar-refractivity contribution in [1.29, 1.82) is 0 Å². The molecule has 2 nitrogen and oxygen atoms in total. The van der Waals surface area contributed by atoms with Gasteiger partial charge < -0.3 is 9.64 Å². The highest BCUT2D eigenvalue weighted by molar-refractivity contribution is 5.36. The number of nitrogens with zero attached hydrogens (tertiary/aromatic N) is 1. The zero-order chi connectivity index (χ0) is 11.3. The number of ether oxygens (including phenoxy) is 1. The Kier molecular flexibility index (Phi) is 4.63. The Labute approximate surface area is 92.9 Å². The highest BCUT2D eigenvalue weighted by Crippen LogP contribution is 2.19. The summed E-state index contributed by atoms with van der Waals surface area (Å²) in [6.07, 6.45) is 1.10. The fourth-order valence-electron chi connectivity index (χ4n) is 1.54. The van der Waals surface area contributed by atoms with Gasteiger partial charge in [-0.25, -0.2) is 0 Å². The van der Waals surface area contributed by atoms with Crippen LogP contribution in [0.3, 0.4) is 0 Å². The van der Waals surface area contributed by atoms with E-state index in [1.54, 1.807) is 0 Å². The van der Waals surface area contributed by atoms with E-state index in [-0.39, 0.29) is 0 Å². The summed E-state index contributed by atoms with van der Waals surface area (Å²) >= 11 is 0. The van der Waals surface area contributed by atoms with Crippen molar-refractivity contribution in [3.63, 3.8) is 0 Å². The Balaban J connectivity index is 2.64. The number of likely N-dealkylation sites (N-methyl/N-ethyl adjacent to an activating group) is 1. The SMILES string of the molecule is CCOc1ccc(CCN(C)C)cc1C. The molecule has 0 saturated heterocycles. The second-order valence-corrected chi connectivity index (χ2v) is 4.09. The maximum absolute atomic E-state index is 5.51. The van der Waals surface area contributed by atoms with Crippen molar-refractivity contribution in [2.75, 3.05) is 27.2 Å². The molecule has 0 amide bonds. The molecule has 0 aliphatic rings. The Hall–Kier alpha value is -1.02. The second kappa shape index (κ2) is 5.76. The quantitative estimate of drug-likeness (QED) is 0.735. The van der Waals surface area contributed by atoms with E-state index in [2.05, 4.69) is 44.1 Å². The first-order chi connectivity index (χ1) is 7.13. The number of hydrogen-bond acceptors (Lipinski definition) is 2. The zero-order valence-corrected chi connectivity index (χ0v) is 10.2. The fourth-order valence-corrected chi connectivity index (χ4v) is 1.54. The van der Waals surface area contributed by atoms with E-state index in [1.165, 1.54) is 11.1 Å². The predicted octanol–water partition coefficient (Wildman–Crippen LogP) is 2.50. The average Bonchev–Trinajstić information content (AvgIpc) is 2.19. The molecule has 0 aliphatic carbocycles. The predicted molar refractivity (Wildman–Crippen MR) is 64.6 cm³/mol. The van der Waals surface area contributed by atoms with Crippen molar-refractivity contribution < 1.29 is 4.74 Å². The largest absolute Gasteiger partial charge is 0.494 e. The number of hydrogen-bond donors (Lipinski definition) is 0. The molecule has 1 aromatic carbocycles. The Morgan fingerprint density at radius 1 is 1.27 bits per heavy atom. The van der Waals surface area contributed by atoms with Crippen LogP contribution >= 0.6 is 0 Å². The van der Waals surface area contributed by atoms with Crippen LogP contribution in [0, 0.1) is 6.92 Å². The summed E-state index contributed by atoms with van der Waals surface area (Å²) in [5.41, 5.74) is 2.61. The Morgan fingerprint density at radius 2 is 2.00 bits per heavy atom. The molecule has 1 rings (SSSR count). The van der Waals surface area contributed by atoms with E-state index in [9.17, 15) is 0 Å². The molecule has 0 unspecified atom stereocenters. The topological polar surface area (TPSA) is 12.5 Å². The first-order valence-corrected chi connectivity index (χ1v) is 5.50. The zero-order valence-electron chi connectivity index (χ0n) is 10.2. The lowest BCUT2D eigenvalue weighted by Crippen LogP contribution is -2.15. The van der Waals surface area contributed by atoms with Crippen LogP contribution < -0.4 is 4.74 Å². The van der Waals surface area contributed by atoms with Gasteiger partial charge in [0.05, 0.1) is 6.61 Å². The third kappa shape index (κ3) is 3.92. The average molecular weight is 207 g/mol. The van der Waals surface area contributed by atoms with Gasteiger partial charge in [0.15, 0.2) is 0 Å². The summed E-state index contributed by atoms with van der Waals surface area (Å²) in [5, 5.41) is 0. The minimum atomic E-state index is 0.734. The lowest BCUT2D eigenvalue weighted by molar-refractivity contribution is 0.337. The first kappa shape index (κ1) is 12.1. The van der Waals surface area contributed by atoms with Crippen LogP contribution in [0.15, 0.2) is 18.2 Å². The van der Waals surface area contributed by atoms with Crippen LogP contribution in [0.2, 0.25) is 0 Å². The van der Waals surface area contributed by atoms with Crippen LogP contribution in [0.1, 0.15) is 18.1 Å². The minimum absolute atomic E-state index is 0.734. The minimum Gasteiger partial charge on any atom is -0.494 e. The smallest absolute Gasteiger partial charge is 0.122 e. The van der Waals surface area contributed by atoms with E-state index in [0.29, 0.717) is 0 Å². The summed E-state index contributed by atoms with van der Waals surface area (Å²) in [6.45, 7) is 5.94. The molecule has 15 heavy (non-hydrogen) atoms. The van der Waals surface area contributed by atoms with E-state index in [0.717, 1.165) is 25.3 Å². The Morgan fingerprint density at radius 3 is 2.53 bits per heavy atom. The third-order valence-corrected chi connectivity index (χ3v) is 2.39. The summed E-state index contributed by atoms with van der Waals surface area (Å²) in [4.78, 5) is 2.20. The lowest BCUT2D eigenvalue weighted by Gasteiger charge is -2.11. The van der Waals surface area contributed by atoms with Crippen molar-refractivity contribution in [2.24, 2.45) is 0 Å². The van der Waals surface area contributed by atoms with E-state index in [1.807, 2.05) is 6.92 Å². The van der Waals surface area contributed by atoms with Crippen molar-refractivity contribution in [2.45, 2.75) is 20.3 Å². The van der Waals surface area contributed by atoms with Gasteiger partial charge in [-0.05, 0) is 51.6 Å². The van der Waals surface area contributed by atoms with Gasteiger partial charge >= 0.3 is 0 Å². The number of rotatable bonds is 5. The van der Waals surface area contributed by atoms with E-state index in [4.69, 9.17) is 4.74 Å². The van der Waals surface area contributed by atoms with Crippen LogP contribution in [-0.2, 0) is 6.42 Å². The van der Waals surface area contributed by atoms with Gasteiger partial charge in [0.1, 0.15) is 5.75 Å². The highest BCUT2D eigenvalue weighted by Gasteiger charge is 2.01. The molecule has 1 aromatic rings. The molecule has 0 aliphatic heterocycles. The molecule has 2 heteroatoms. The molecule has 0 radical (unpaired) electrons. The van der Waals surface area contributed by atoms with Gasteiger partial charge in [-0.3, -0.25) is 0 Å². The lowest BCUT2D eigenvalue weighted by atomic mass is 10.1. The van der Waals surface area contributed by atoms with Crippen LogP contribution in [0.25, 0.3) is 0 Å². The maximum atomic E-state index is 5.51. The van der Waals surface area contributed by atoms with Crippen molar-refractivity contribution in [3.05, 3.63) is 29.3 Å². The fraction of sp³-hybridized carbons (Fsp3) is 0.538. The van der Waals surface area contributed by atoms with E-state index >= 15 is 0 Å². The van der Waals surface area contributed by atoms with Gasteiger partial charge in [-0.1, -0.05) is 12.1 Å². The van der Waals surface area contributed by atoms with Crippen molar-refractivity contribution in [1.82, 2.24) is 4.90 Å².